The number of hydrogen-bond donors (Lipinski definition) is 2. The van der Waals surface area contributed by atoms with Gasteiger partial charge in [-0.25, -0.2) is 4.79 Å². The Labute approximate surface area is 149 Å². The van der Waals surface area contributed by atoms with E-state index >= 15 is 0 Å². The standard InChI is InChI=1S/C16H10ClF3N2O4/c17-11-6-13-12(25-7-26-13)5-10(11)14(23)22-15(24)21-9-3-1-2-8(4-9)16(18,19)20/h1-6H,7H2,(H2,21,22,23,24). The van der Waals surface area contributed by atoms with Gasteiger partial charge < -0.3 is 14.8 Å². The van der Waals surface area contributed by atoms with Crippen molar-refractivity contribution in [3.8, 4) is 11.5 Å². The molecule has 0 saturated carbocycles. The van der Waals surface area contributed by atoms with Crippen LogP contribution in [0, 0.1) is 0 Å². The molecular formula is C16H10ClF3N2O4. The Morgan fingerprint density at radius 1 is 1.08 bits per heavy atom. The lowest BCUT2D eigenvalue weighted by molar-refractivity contribution is -0.137. The Kier molecular flexibility index (Phi) is 4.64. The second-order valence-corrected chi connectivity index (χ2v) is 5.58. The van der Waals surface area contributed by atoms with E-state index in [0.717, 1.165) is 18.2 Å². The van der Waals surface area contributed by atoms with Gasteiger partial charge in [-0.3, -0.25) is 10.1 Å². The number of alkyl halides is 3. The van der Waals surface area contributed by atoms with Gasteiger partial charge >= 0.3 is 12.2 Å². The predicted molar refractivity (Wildman–Crippen MR) is 85.5 cm³/mol. The fourth-order valence-corrected chi connectivity index (χ4v) is 2.44. The molecule has 0 spiro atoms. The fourth-order valence-electron chi connectivity index (χ4n) is 2.20. The summed E-state index contributed by atoms with van der Waals surface area (Å²) >= 11 is 5.96. The molecule has 3 rings (SSSR count). The zero-order valence-corrected chi connectivity index (χ0v) is 13.6. The minimum Gasteiger partial charge on any atom is -0.454 e. The third kappa shape index (κ3) is 3.83. The highest BCUT2D eigenvalue weighted by atomic mass is 35.5. The van der Waals surface area contributed by atoms with Crippen molar-refractivity contribution in [2.45, 2.75) is 6.18 Å². The average Bonchev–Trinajstić information content (AvgIpc) is 3.00. The van der Waals surface area contributed by atoms with Crippen LogP contribution in [0.5, 0.6) is 11.5 Å². The van der Waals surface area contributed by atoms with Gasteiger partial charge in [-0.1, -0.05) is 17.7 Å². The van der Waals surface area contributed by atoms with E-state index < -0.39 is 23.7 Å². The molecule has 10 heteroatoms. The van der Waals surface area contributed by atoms with Crippen LogP contribution in [0.25, 0.3) is 0 Å². The second-order valence-electron chi connectivity index (χ2n) is 5.17. The molecule has 6 nitrogen and oxygen atoms in total. The molecule has 0 saturated heterocycles. The molecule has 0 fully saturated rings. The van der Waals surface area contributed by atoms with Gasteiger partial charge in [-0.2, -0.15) is 13.2 Å². The summed E-state index contributed by atoms with van der Waals surface area (Å²) in [7, 11) is 0. The molecule has 136 valence electrons. The number of fused-ring (bicyclic) bond motifs is 1. The third-order valence-corrected chi connectivity index (χ3v) is 3.69. The fraction of sp³-hybridized carbons (Fsp3) is 0.125. The number of nitrogens with one attached hydrogen (secondary N) is 2. The molecule has 0 aliphatic carbocycles. The van der Waals surface area contributed by atoms with Crippen molar-refractivity contribution in [1.82, 2.24) is 5.32 Å². The van der Waals surface area contributed by atoms with Crippen LogP contribution in [0.2, 0.25) is 5.02 Å². The number of ether oxygens (including phenoxy) is 2. The highest BCUT2D eigenvalue weighted by Crippen LogP contribution is 2.36. The van der Waals surface area contributed by atoms with E-state index in [9.17, 15) is 22.8 Å². The lowest BCUT2D eigenvalue weighted by Gasteiger charge is -2.11. The van der Waals surface area contributed by atoms with Crippen LogP contribution in [-0.2, 0) is 6.18 Å². The lowest BCUT2D eigenvalue weighted by Crippen LogP contribution is -2.34. The highest BCUT2D eigenvalue weighted by molar-refractivity contribution is 6.34. The smallest absolute Gasteiger partial charge is 0.416 e. The number of anilines is 1. The number of hydrogen-bond acceptors (Lipinski definition) is 4. The zero-order chi connectivity index (χ0) is 18.9. The van der Waals surface area contributed by atoms with Gasteiger partial charge in [0.15, 0.2) is 11.5 Å². The van der Waals surface area contributed by atoms with E-state index in [2.05, 4.69) is 5.32 Å². The molecule has 0 unspecified atom stereocenters. The number of amides is 3. The maximum atomic E-state index is 12.7. The molecule has 0 bridgehead atoms. The van der Waals surface area contributed by atoms with Crippen LogP contribution in [0.4, 0.5) is 23.7 Å². The summed E-state index contributed by atoms with van der Waals surface area (Å²) in [4.78, 5) is 24.0. The molecule has 1 aliphatic rings. The number of halogens is 4. The minimum absolute atomic E-state index is 0.0211. The van der Waals surface area contributed by atoms with E-state index in [-0.39, 0.29) is 28.8 Å². The summed E-state index contributed by atoms with van der Waals surface area (Å²) < 4.78 is 48.2. The third-order valence-electron chi connectivity index (χ3n) is 3.38. The highest BCUT2D eigenvalue weighted by Gasteiger charge is 2.30. The number of urea groups is 1. The summed E-state index contributed by atoms with van der Waals surface area (Å²) in [6.45, 7) is -0.0211. The Hall–Kier alpha value is -2.94. The summed E-state index contributed by atoms with van der Waals surface area (Å²) in [6.07, 6.45) is -4.55. The molecule has 1 heterocycles. The van der Waals surface area contributed by atoms with Crippen molar-refractivity contribution in [1.29, 1.82) is 0 Å². The summed E-state index contributed by atoms with van der Waals surface area (Å²) in [5.74, 6) is -0.199. The molecule has 0 atom stereocenters. The first-order valence-electron chi connectivity index (χ1n) is 7.13. The van der Waals surface area contributed by atoms with Crippen molar-refractivity contribution in [2.24, 2.45) is 0 Å². The molecule has 3 amide bonds. The second kappa shape index (κ2) is 6.75. The summed E-state index contributed by atoms with van der Waals surface area (Å²) in [5, 5.41) is 4.17. The van der Waals surface area contributed by atoms with Crippen LogP contribution >= 0.6 is 11.6 Å². The molecule has 1 aliphatic heterocycles. The van der Waals surface area contributed by atoms with Gasteiger partial charge in [0.05, 0.1) is 16.1 Å². The first-order valence-corrected chi connectivity index (χ1v) is 7.50. The molecule has 26 heavy (non-hydrogen) atoms. The van der Waals surface area contributed by atoms with E-state index in [0.29, 0.717) is 5.75 Å². The lowest BCUT2D eigenvalue weighted by atomic mass is 10.2. The Balaban J connectivity index is 1.70. The number of carbonyl (C=O) groups is 2. The topological polar surface area (TPSA) is 76.7 Å². The Bertz CT molecular complexity index is 886. The molecule has 2 N–H and O–H groups in total. The van der Waals surface area contributed by atoms with Crippen LogP contribution in [-0.4, -0.2) is 18.7 Å². The largest absolute Gasteiger partial charge is 0.454 e. The van der Waals surface area contributed by atoms with Gasteiger partial charge in [0.2, 0.25) is 6.79 Å². The quantitative estimate of drug-likeness (QED) is 0.816. The average molecular weight is 387 g/mol. The van der Waals surface area contributed by atoms with Crippen LogP contribution in [0.15, 0.2) is 36.4 Å². The number of imide groups is 1. The molecule has 2 aromatic carbocycles. The van der Waals surface area contributed by atoms with Gasteiger partial charge in [-0.05, 0) is 24.3 Å². The van der Waals surface area contributed by atoms with E-state index in [1.165, 1.54) is 18.2 Å². The van der Waals surface area contributed by atoms with Gasteiger partial charge in [0.1, 0.15) is 0 Å². The Morgan fingerprint density at radius 2 is 1.77 bits per heavy atom. The van der Waals surface area contributed by atoms with Crippen LogP contribution < -0.4 is 20.1 Å². The first-order chi connectivity index (χ1) is 12.2. The monoisotopic (exact) mass is 386 g/mol. The SMILES string of the molecule is O=C(NC(=O)c1cc2c(cc1Cl)OCO2)Nc1cccc(C(F)(F)F)c1. The summed E-state index contributed by atoms with van der Waals surface area (Å²) in [6, 6.07) is 5.66. The minimum atomic E-state index is -4.55. The van der Waals surface area contributed by atoms with Crippen molar-refractivity contribution < 1.29 is 32.2 Å². The Morgan fingerprint density at radius 3 is 2.46 bits per heavy atom. The van der Waals surface area contributed by atoms with Crippen LogP contribution in [0.1, 0.15) is 15.9 Å². The van der Waals surface area contributed by atoms with Gasteiger partial charge in [0, 0.05) is 11.8 Å². The van der Waals surface area contributed by atoms with Gasteiger partial charge in [-0.15, -0.1) is 0 Å². The van der Waals surface area contributed by atoms with E-state index in [1.54, 1.807) is 0 Å². The maximum absolute atomic E-state index is 12.7. The molecule has 2 aromatic rings. The molecular weight excluding hydrogens is 377 g/mol. The maximum Gasteiger partial charge on any atom is 0.416 e. The number of benzene rings is 2. The van der Waals surface area contributed by atoms with E-state index in [1.807, 2.05) is 5.32 Å². The van der Waals surface area contributed by atoms with E-state index in [4.69, 9.17) is 21.1 Å². The van der Waals surface area contributed by atoms with Crippen molar-refractivity contribution in [3.05, 3.63) is 52.5 Å². The van der Waals surface area contributed by atoms with Crippen LogP contribution in [0.3, 0.4) is 0 Å². The predicted octanol–water partition coefficient (Wildman–Crippen LogP) is 4.05. The first kappa shape index (κ1) is 17.9. The van der Waals surface area contributed by atoms with Gasteiger partial charge in [0.25, 0.3) is 5.91 Å². The zero-order valence-electron chi connectivity index (χ0n) is 12.8. The van der Waals surface area contributed by atoms with Crippen molar-refractivity contribution in [2.75, 3.05) is 12.1 Å². The van der Waals surface area contributed by atoms with Crippen molar-refractivity contribution in [3.63, 3.8) is 0 Å². The number of carbonyl (C=O) groups excluding carboxylic acids is 2. The molecule has 0 aromatic heterocycles. The van der Waals surface area contributed by atoms with Crippen molar-refractivity contribution >= 4 is 29.2 Å². The normalized spacial score (nSPS) is 12.6. The molecule has 0 radical (unpaired) electrons. The number of rotatable bonds is 2. The summed E-state index contributed by atoms with van der Waals surface area (Å²) in [5.41, 5.74) is -1.10.